The Hall–Kier alpha value is -2.69. The molecule has 1 aromatic heterocycles. The highest BCUT2D eigenvalue weighted by molar-refractivity contribution is 7.18. The fraction of sp³-hybridized carbons (Fsp3) is 0.222. The van der Waals surface area contributed by atoms with Crippen molar-refractivity contribution in [2.24, 2.45) is 0 Å². The first kappa shape index (κ1) is 19.6. The average Bonchev–Trinajstić information content (AvgIpc) is 3.09. The van der Waals surface area contributed by atoms with Gasteiger partial charge in [0.2, 0.25) is 0 Å². The van der Waals surface area contributed by atoms with E-state index < -0.39 is 18.5 Å². The van der Waals surface area contributed by atoms with Crippen molar-refractivity contribution in [1.82, 2.24) is 0 Å². The molecule has 0 aliphatic heterocycles. The highest BCUT2D eigenvalue weighted by Gasteiger charge is 2.18. The van der Waals surface area contributed by atoms with Gasteiger partial charge in [-0.15, -0.1) is 11.3 Å². The van der Waals surface area contributed by atoms with E-state index in [1.165, 1.54) is 4.90 Å². The van der Waals surface area contributed by atoms with Gasteiger partial charge in [-0.1, -0.05) is 29.8 Å². The van der Waals surface area contributed by atoms with Crippen LogP contribution in [0.2, 0.25) is 4.34 Å². The fourth-order valence-corrected chi connectivity index (χ4v) is 3.11. The Bertz CT molecular complexity index is 829. The topological polar surface area (TPSA) is 87.5 Å². The average molecular weight is 391 g/mol. The number of Topliss-reactive ketones (excluding diaryl/α,β-unsaturated/α-hetero) is 1. The van der Waals surface area contributed by atoms with Crippen molar-refractivity contribution in [3.63, 3.8) is 0 Å². The van der Waals surface area contributed by atoms with Gasteiger partial charge in [-0.05, 0) is 24.3 Å². The zero-order chi connectivity index (χ0) is 18.9. The Morgan fingerprint density at radius 1 is 1.12 bits per heavy atom. The zero-order valence-electron chi connectivity index (χ0n) is 13.7. The molecule has 0 aliphatic rings. The number of anilines is 1. The summed E-state index contributed by atoms with van der Waals surface area (Å²) in [4.78, 5) is 37.6. The van der Waals surface area contributed by atoms with Gasteiger partial charge in [-0.3, -0.25) is 19.3 Å². The van der Waals surface area contributed by atoms with Crippen LogP contribution in [-0.2, 0) is 14.3 Å². The lowest BCUT2D eigenvalue weighted by Crippen LogP contribution is -2.35. The number of benzene rings is 1. The standard InChI is InChI=1S/C18H15ClN2O4S/c19-16-8-7-15(26-16)14(22)6-9-18(24)25-12-17(23)21(11-10-20)13-4-2-1-3-5-13/h1-5,7-8H,6,9,11-12H2. The number of hydrogen-bond donors (Lipinski definition) is 0. The minimum Gasteiger partial charge on any atom is -0.456 e. The molecule has 0 saturated heterocycles. The normalized spacial score (nSPS) is 10.0. The third kappa shape index (κ3) is 5.69. The summed E-state index contributed by atoms with van der Waals surface area (Å²) >= 11 is 6.91. The minimum absolute atomic E-state index is 0.0234. The Balaban J connectivity index is 1.82. The lowest BCUT2D eigenvalue weighted by Gasteiger charge is -2.19. The van der Waals surface area contributed by atoms with E-state index >= 15 is 0 Å². The molecule has 0 spiro atoms. The molecule has 0 radical (unpaired) electrons. The summed E-state index contributed by atoms with van der Waals surface area (Å²) in [6.45, 7) is -0.646. The lowest BCUT2D eigenvalue weighted by molar-refractivity contribution is -0.147. The molecule has 8 heteroatoms. The van der Waals surface area contributed by atoms with Crippen LogP contribution in [-0.4, -0.2) is 30.8 Å². The smallest absolute Gasteiger partial charge is 0.306 e. The van der Waals surface area contributed by atoms with E-state index in [1.54, 1.807) is 42.5 Å². The summed E-state index contributed by atoms with van der Waals surface area (Å²) in [5.41, 5.74) is 0.542. The molecule has 134 valence electrons. The number of thiophene rings is 1. The van der Waals surface area contributed by atoms with Crippen LogP contribution in [0.25, 0.3) is 0 Å². The number of nitrogens with zero attached hydrogens (tertiary/aromatic N) is 2. The second-order valence-electron chi connectivity index (χ2n) is 5.16. The van der Waals surface area contributed by atoms with Crippen molar-refractivity contribution in [2.45, 2.75) is 12.8 Å². The molecule has 0 bridgehead atoms. The number of hydrogen-bond acceptors (Lipinski definition) is 6. The number of rotatable bonds is 8. The lowest BCUT2D eigenvalue weighted by atomic mass is 10.2. The molecule has 26 heavy (non-hydrogen) atoms. The Morgan fingerprint density at radius 3 is 2.46 bits per heavy atom. The first-order valence-electron chi connectivity index (χ1n) is 7.68. The number of halogens is 1. The highest BCUT2D eigenvalue weighted by Crippen LogP contribution is 2.23. The van der Waals surface area contributed by atoms with Gasteiger partial charge < -0.3 is 4.74 Å². The number of carbonyl (C=O) groups is 3. The molecule has 0 atom stereocenters. The molecule has 2 rings (SSSR count). The number of esters is 1. The molecular formula is C18H15ClN2O4S. The number of amides is 1. The summed E-state index contributed by atoms with van der Waals surface area (Å²) in [6, 6.07) is 13.7. The van der Waals surface area contributed by atoms with E-state index in [4.69, 9.17) is 21.6 Å². The third-order valence-corrected chi connectivity index (χ3v) is 4.63. The first-order valence-corrected chi connectivity index (χ1v) is 8.87. The number of ether oxygens (including phenoxy) is 1. The van der Waals surface area contributed by atoms with Crippen molar-refractivity contribution in [2.75, 3.05) is 18.1 Å². The molecule has 1 amide bonds. The molecule has 0 aliphatic carbocycles. The maximum absolute atomic E-state index is 12.2. The maximum Gasteiger partial charge on any atom is 0.306 e. The van der Waals surface area contributed by atoms with Crippen LogP contribution >= 0.6 is 22.9 Å². The van der Waals surface area contributed by atoms with Crippen molar-refractivity contribution < 1.29 is 19.1 Å². The predicted octanol–water partition coefficient (Wildman–Crippen LogP) is 3.46. The second kappa shape index (κ2) is 9.70. The number of carbonyl (C=O) groups excluding carboxylic acids is 3. The SMILES string of the molecule is N#CCN(C(=O)COC(=O)CCC(=O)c1ccc(Cl)s1)c1ccccc1. The van der Waals surface area contributed by atoms with E-state index in [0.717, 1.165) is 11.3 Å². The van der Waals surface area contributed by atoms with Gasteiger partial charge in [0.05, 0.1) is 21.7 Å². The van der Waals surface area contributed by atoms with Gasteiger partial charge in [-0.25, -0.2) is 0 Å². The van der Waals surface area contributed by atoms with Crippen LogP contribution in [0.4, 0.5) is 5.69 Å². The van der Waals surface area contributed by atoms with Crippen molar-refractivity contribution in [3.8, 4) is 6.07 Å². The van der Waals surface area contributed by atoms with E-state index in [-0.39, 0.29) is 25.2 Å². The molecule has 6 nitrogen and oxygen atoms in total. The molecular weight excluding hydrogens is 376 g/mol. The Kier molecular flexibility index (Phi) is 7.33. The van der Waals surface area contributed by atoms with Crippen LogP contribution < -0.4 is 4.90 Å². The summed E-state index contributed by atoms with van der Waals surface area (Å²) in [5, 5.41) is 8.88. The summed E-state index contributed by atoms with van der Waals surface area (Å²) < 4.78 is 5.43. The highest BCUT2D eigenvalue weighted by atomic mass is 35.5. The number of para-hydroxylation sites is 1. The first-order chi connectivity index (χ1) is 12.5. The second-order valence-corrected chi connectivity index (χ2v) is 6.88. The molecule has 0 fully saturated rings. The summed E-state index contributed by atoms with van der Waals surface area (Å²) in [5.74, 6) is -1.37. The molecule has 1 heterocycles. The molecule has 0 unspecified atom stereocenters. The van der Waals surface area contributed by atoms with Gasteiger partial charge in [0.1, 0.15) is 6.54 Å². The minimum atomic E-state index is -0.653. The third-order valence-electron chi connectivity index (χ3n) is 3.36. The van der Waals surface area contributed by atoms with E-state index in [9.17, 15) is 14.4 Å². The summed E-state index contributed by atoms with van der Waals surface area (Å²) in [7, 11) is 0. The number of nitriles is 1. The molecule has 1 aromatic carbocycles. The van der Waals surface area contributed by atoms with E-state index in [0.29, 0.717) is 14.9 Å². The molecule has 0 saturated carbocycles. The van der Waals surface area contributed by atoms with Crippen LogP contribution in [0.15, 0.2) is 42.5 Å². The zero-order valence-corrected chi connectivity index (χ0v) is 15.3. The van der Waals surface area contributed by atoms with Crippen LogP contribution in [0, 0.1) is 11.3 Å². The van der Waals surface area contributed by atoms with Crippen LogP contribution in [0.3, 0.4) is 0 Å². The monoisotopic (exact) mass is 390 g/mol. The molecule has 2 aromatic rings. The van der Waals surface area contributed by atoms with Gasteiger partial charge in [-0.2, -0.15) is 5.26 Å². The maximum atomic E-state index is 12.2. The predicted molar refractivity (Wildman–Crippen MR) is 98.3 cm³/mol. The van der Waals surface area contributed by atoms with Gasteiger partial charge in [0.25, 0.3) is 5.91 Å². The van der Waals surface area contributed by atoms with Crippen molar-refractivity contribution in [1.29, 1.82) is 5.26 Å². The van der Waals surface area contributed by atoms with Gasteiger partial charge >= 0.3 is 5.97 Å². The Labute approximate surface area is 159 Å². The quantitative estimate of drug-likeness (QED) is 0.391. The van der Waals surface area contributed by atoms with Crippen LogP contribution in [0.5, 0.6) is 0 Å². The summed E-state index contributed by atoms with van der Waals surface area (Å²) in [6.07, 6.45) is -0.157. The van der Waals surface area contributed by atoms with Crippen molar-refractivity contribution >= 4 is 46.3 Å². The van der Waals surface area contributed by atoms with E-state index in [2.05, 4.69) is 0 Å². The van der Waals surface area contributed by atoms with Gasteiger partial charge in [0, 0.05) is 12.1 Å². The Morgan fingerprint density at radius 2 is 1.85 bits per heavy atom. The number of ketones is 1. The van der Waals surface area contributed by atoms with Crippen molar-refractivity contribution in [3.05, 3.63) is 51.7 Å². The van der Waals surface area contributed by atoms with E-state index in [1.807, 2.05) is 6.07 Å². The molecule has 0 N–H and O–H groups in total. The largest absolute Gasteiger partial charge is 0.456 e. The fourth-order valence-electron chi connectivity index (χ4n) is 2.10. The van der Waals surface area contributed by atoms with Gasteiger partial charge in [0.15, 0.2) is 12.4 Å². The van der Waals surface area contributed by atoms with Crippen LogP contribution in [0.1, 0.15) is 22.5 Å².